The molecule has 0 saturated heterocycles. The average Bonchev–Trinajstić information content (AvgIpc) is 3.20. The number of amides is 2. The van der Waals surface area contributed by atoms with Crippen LogP contribution in [0.25, 0.3) is 10.2 Å². The second-order valence-corrected chi connectivity index (χ2v) is 9.29. The van der Waals surface area contributed by atoms with Gasteiger partial charge in [-0.2, -0.15) is 0 Å². The minimum atomic E-state index is -0.276. The van der Waals surface area contributed by atoms with Crippen molar-refractivity contribution in [3.63, 3.8) is 0 Å². The summed E-state index contributed by atoms with van der Waals surface area (Å²) in [5, 5.41) is 6.11. The first-order chi connectivity index (χ1) is 15.5. The summed E-state index contributed by atoms with van der Waals surface area (Å²) >= 11 is 8.92. The Kier molecular flexibility index (Phi) is 6.94. The van der Waals surface area contributed by atoms with Gasteiger partial charge < -0.3 is 15.4 Å². The number of methoxy groups -OCH3 is 1. The highest BCUT2D eigenvalue weighted by atomic mass is 35.5. The third kappa shape index (κ3) is 5.21. The van der Waals surface area contributed by atoms with Gasteiger partial charge in [-0.1, -0.05) is 47.6 Å². The van der Waals surface area contributed by atoms with Crippen LogP contribution in [0.2, 0.25) is 5.02 Å². The van der Waals surface area contributed by atoms with Crippen molar-refractivity contribution >= 4 is 68.1 Å². The number of halogens is 1. The molecule has 0 aliphatic rings. The maximum atomic E-state index is 12.5. The highest BCUT2D eigenvalue weighted by Gasteiger charge is 2.13. The van der Waals surface area contributed by atoms with E-state index in [4.69, 9.17) is 16.3 Å². The number of rotatable bonds is 7. The molecule has 0 aliphatic heterocycles. The fourth-order valence-electron chi connectivity index (χ4n) is 2.95. The van der Waals surface area contributed by atoms with E-state index in [9.17, 15) is 9.59 Å². The minimum Gasteiger partial charge on any atom is -0.495 e. The van der Waals surface area contributed by atoms with Gasteiger partial charge in [0.25, 0.3) is 5.91 Å². The number of anilines is 2. The van der Waals surface area contributed by atoms with Crippen LogP contribution in [0.1, 0.15) is 10.4 Å². The van der Waals surface area contributed by atoms with Gasteiger partial charge in [-0.05, 0) is 42.5 Å². The number of thioether (sulfide) groups is 1. The molecule has 3 aromatic carbocycles. The van der Waals surface area contributed by atoms with Crippen LogP contribution >= 0.6 is 34.7 Å². The summed E-state index contributed by atoms with van der Waals surface area (Å²) in [5.41, 5.74) is 2.49. The molecular weight excluding hydrogens is 466 g/mol. The van der Waals surface area contributed by atoms with Crippen LogP contribution in [0.3, 0.4) is 0 Å². The number of aromatic nitrogens is 1. The smallest absolute Gasteiger partial charge is 0.257 e. The molecule has 6 nitrogen and oxygen atoms in total. The Morgan fingerprint density at radius 1 is 1.06 bits per heavy atom. The van der Waals surface area contributed by atoms with Gasteiger partial charge in [-0.25, -0.2) is 4.98 Å². The number of para-hydroxylation sites is 2. The first-order valence-corrected chi connectivity index (χ1v) is 11.7. The molecule has 0 fully saturated rings. The summed E-state index contributed by atoms with van der Waals surface area (Å²) in [6.45, 7) is 0. The Morgan fingerprint density at radius 3 is 2.66 bits per heavy atom. The number of nitrogens with zero attached hydrogens (tertiary/aromatic N) is 1. The van der Waals surface area contributed by atoms with Crippen LogP contribution in [0.4, 0.5) is 11.4 Å². The molecular formula is C23H18ClN3O3S2. The molecule has 0 bridgehead atoms. The number of benzene rings is 3. The Morgan fingerprint density at radius 2 is 1.84 bits per heavy atom. The van der Waals surface area contributed by atoms with E-state index < -0.39 is 0 Å². The van der Waals surface area contributed by atoms with Crippen molar-refractivity contribution in [2.75, 3.05) is 23.5 Å². The molecule has 0 atom stereocenters. The fourth-order valence-corrected chi connectivity index (χ4v) is 5.08. The second kappa shape index (κ2) is 10.0. The van der Waals surface area contributed by atoms with Crippen molar-refractivity contribution in [3.05, 3.63) is 77.3 Å². The molecule has 2 amide bonds. The highest BCUT2D eigenvalue weighted by molar-refractivity contribution is 8.01. The minimum absolute atomic E-state index is 0.147. The van der Waals surface area contributed by atoms with Crippen molar-refractivity contribution in [1.29, 1.82) is 0 Å². The van der Waals surface area contributed by atoms with Gasteiger partial charge in [-0.15, -0.1) is 11.3 Å². The molecule has 2 N–H and O–H groups in total. The second-order valence-electron chi connectivity index (χ2n) is 6.63. The fraction of sp³-hybridized carbons (Fsp3) is 0.0870. The summed E-state index contributed by atoms with van der Waals surface area (Å²) in [6, 6.07) is 19.6. The van der Waals surface area contributed by atoms with Crippen molar-refractivity contribution in [2.24, 2.45) is 0 Å². The third-order valence-corrected chi connectivity index (χ3v) is 6.94. The molecule has 4 rings (SSSR count). The number of carbonyl (C=O) groups excluding carboxylic acids is 2. The van der Waals surface area contributed by atoms with Gasteiger partial charge in [0.05, 0.1) is 39.4 Å². The molecule has 0 unspecified atom stereocenters. The highest BCUT2D eigenvalue weighted by Crippen LogP contribution is 2.32. The topological polar surface area (TPSA) is 80.3 Å². The van der Waals surface area contributed by atoms with Gasteiger partial charge in [0.1, 0.15) is 5.75 Å². The van der Waals surface area contributed by atoms with E-state index in [0.29, 0.717) is 27.7 Å². The summed E-state index contributed by atoms with van der Waals surface area (Å²) < 4.78 is 6.93. The van der Waals surface area contributed by atoms with Crippen LogP contribution in [-0.4, -0.2) is 29.7 Å². The zero-order chi connectivity index (χ0) is 22.5. The average molecular weight is 484 g/mol. The first-order valence-electron chi connectivity index (χ1n) is 9.55. The van der Waals surface area contributed by atoms with Gasteiger partial charge >= 0.3 is 0 Å². The Balaban J connectivity index is 1.40. The van der Waals surface area contributed by atoms with Crippen LogP contribution < -0.4 is 15.4 Å². The standard InChI is InChI=1S/C23H18ClN3O3S2/c1-30-19-9-5-4-8-17(19)26-21(28)13-31-23-27-18-11-10-14(12-20(18)32-23)25-22(29)15-6-2-3-7-16(15)24/h2-12H,13H2,1H3,(H,25,29)(H,26,28). The summed E-state index contributed by atoms with van der Waals surface area (Å²) in [4.78, 5) is 29.4. The van der Waals surface area contributed by atoms with E-state index in [1.54, 1.807) is 49.6 Å². The first kappa shape index (κ1) is 22.1. The Hall–Kier alpha value is -3.07. The molecule has 9 heteroatoms. The van der Waals surface area contributed by atoms with Crippen molar-refractivity contribution in [1.82, 2.24) is 4.98 Å². The number of hydrogen-bond donors (Lipinski definition) is 2. The van der Waals surface area contributed by atoms with E-state index >= 15 is 0 Å². The lowest BCUT2D eigenvalue weighted by Gasteiger charge is -2.09. The molecule has 4 aromatic rings. The summed E-state index contributed by atoms with van der Waals surface area (Å²) in [6.07, 6.45) is 0. The number of fused-ring (bicyclic) bond motifs is 1. The molecule has 1 aromatic heterocycles. The molecule has 0 radical (unpaired) electrons. The van der Waals surface area contributed by atoms with E-state index in [1.807, 2.05) is 24.3 Å². The Labute approximate surface area is 198 Å². The molecule has 32 heavy (non-hydrogen) atoms. The van der Waals surface area contributed by atoms with Gasteiger partial charge in [0.15, 0.2) is 4.34 Å². The predicted octanol–water partition coefficient (Wildman–Crippen LogP) is 5.94. The van der Waals surface area contributed by atoms with E-state index in [0.717, 1.165) is 14.6 Å². The van der Waals surface area contributed by atoms with Crippen LogP contribution in [0.5, 0.6) is 5.75 Å². The van der Waals surface area contributed by atoms with Gasteiger partial charge in [0, 0.05) is 5.69 Å². The lowest BCUT2D eigenvalue weighted by atomic mass is 10.2. The van der Waals surface area contributed by atoms with Gasteiger partial charge in [-0.3, -0.25) is 9.59 Å². The summed E-state index contributed by atoms with van der Waals surface area (Å²) in [5.74, 6) is 0.402. The van der Waals surface area contributed by atoms with Gasteiger partial charge in [0.2, 0.25) is 5.91 Å². The van der Waals surface area contributed by atoms with Crippen molar-refractivity contribution < 1.29 is 14.3 Å². The lowest BCUT2D eigenvalue weighted by molar-refractivity contribution is -0.113. The number of nitrogens with one attached hydrogen (secondary N) is 2. The maximum Gasteiger partial charge on any atom is 0.257 e. The van der Waals surface area contributed by atoms with Crippen molar-refractivity contribution in [2.45, 2.75) is 4.34 Å². The molecule has 0 saturated carbocycles. The number of ether oxygens (including phenoxy) is 1. The zero-order valence-corrected chi connectivity index (χ0v) is 19.3. The largest absolute Gasteiger partial charge is 0.495 e. The number of carbonyl (C=O) groups is 2. The number of hydrogen-bond acceptors (Lipinski definition) is 6. The van der Waals surface area contributed by atoms with Crippen molar-refractivity contribution in [3.8, 4) is 5.75 Å². The maximum absolute atomic E-state index is 12.5. The molecule has 0 aliphatic carbocycles. The van der Waals surface area contributed by atoms with Crippen LogP contribution in [0.15, 0.2) is 71.1 Å². The van der Waals surface area contributed by atoms with E-state index in [1.165, 1.54) is 23.1 Å². The van der Waals surface area contributed by atoms with Crippen LogP contribution in [0, 0.1) is 0 Å². The third-order valence-electron chi connectivity index (χ3n) is 4.45. The number of thiazole rings is 1. The normalized spacial score (nSPS) is 10.7. The summed E-state index contributed by atoms with van der Waals surface area (Å²) in [7, 11) is 1.56. The molecule has 0 spiro atoms. The SMILES string of the molecule is COc1ccccc1NC(=O)CSc1nc2ccc(NC(=O)c3ccccc3Cl)cc2s1. The Bertz CT molecular complexity index is 1290. The molecule has 162 valence electrons. The quantitative estimate of drug-likeness (QED) is 0.318. The van der Waals surface area contributed by atoms with Crippen LogP contribution in [-0.2, 0) is 4.79 Å². The van der Waals surface area contributed by atoms with E-state index in [-0.39, 0.29) is 17.6 Å². The lowest BCUT2D eigenvalue weighted by Crippen LogP contribution is -2.14. The molecule has 1 heterocycles. The monoisotopic (exact) mass is 483 g/mol. The zero-order valence-electron chi connectivity index (χ0n) is 16.9. The predicted molar refractivity (Wildman–Crippen MR) is 131 cm³/mol. The van der Waals surface area contributed by atoms with E-state index in [2.05, 4.69) is 15.6 Å².